The van der Waals surface area contributed by atoms with Gasteiger partial charge < -0.3 is 15.3 Å². The highest BCUT2D eigenvalue weighted by Crippen LogP contribution is 2.05. The maximum Gasteiger partial charge on any atom is 0.189 e. The van der Waals surface area contributed by atoms with Gasteiger partial charge in [0.05, 0.1) is 6.10 Å². The zero-order valence-electron chi connectivity index (χ0n) is 7.23. The number of carbonyl (C=O) groups excluding carboxylic acids is 1. The second kappa shape index (κ2) is 6.11. The topological polar surface area (TPSA) is 77.8 Å². The molecule has 0 aromatic carbocycles. The van der Waals surface area contributed by atoms with Crippen LogP contribution in [0.4, 0.5) is 0 Å². The molecule has 0 amide bonds. The first-order valence-corrected chi connectivity index (χ1v) is 4.13. The molecule has 0 radical (unpaired) electrons. The van der Waals surface area contributed by atoms with Gasteiger partial charge in [-0.1, -0.05) is 19.8 Å². The minimum absolute atomic E-state index is 0.392. The number of ketones is 1. The molecule has 2 atom stereocenters. The Balaban J connectivity index is 3.75. The predicted octanol–water partition coefficient (Wildman–Crippen LogP) is -0.540. The molecule has 0 aliphatic carbocycles. The van der Waals surface area contributed by atoms with Gasteiger partial charge in [0.2, 0.25) is 0 Å². The number of carbonyl (C=O) groups is 1. The van der Waals surface area contributed by atoms with Crippen molar-refractivity contribution in [3.8, 4) is 0 Å². The lowest BCUT2D eigenvalue weighted by Gasteiger charge is -2.14. The fraction of sp³-hybridized carbons (Fsp3) is 0.875. The van der Waals surface area contributed by atoms with E-state index in [-0.39, 0.29) is 0 Å². The molecule has 0 aromatic rings. The standard InChI is InChI=1S/C8H16O4/c1-2-3-4-6(10)8(12)7(11)5-9/h6,8-10,12H,2-5H2,1H3/t6-,8+/m0/s1. The van der Waals surface area contributed by atoms with Crippen molar-refractivity contribution in [3.63, 3.8) is 0 Å². The Kier molecular flexibility index (Phi) is 5.88. The van der Waals surface area contributed by atoms with Crippen LogP contribution in [-0.4, -0.2) is 39.9 Å². The van der Waals surface area contributed by atoms with Crippen LogP contribution in [0, 0.1) is 0 Å². The van der Waals surface area contributed by atoms with Crippen LogP contribution in [0.2, 0.25) is 0 Å². The van der Waals surface area contributed by atoms with E-state index in [9.17, 15) is 4.79 Å². The second-order valence-corrected chi connectivity index (χ2v) is 2.78. The Bertz CT molecular complexity index is 135. The van der Waals surface area contributed by atoms with Crippen LogP contribution in [0.25, 0.3) is 0 Å². The zero-order valence-corrected chi connectivity index (χ0v) is 7.23. The molecule has 4 heteroatoms. The van der Waals surface area contributed by atoms with Gasteiger partial charge in [-0.25, -0.2) is 0 Å². The maximum absolute atomic E-state index is 10.7. The molecule has 3 N–H and O–H groups in total. The van der Waals surface area contributed by atoms with Crippen molar-refractivity contribution in [2.45, 2.75) is 38.4 Å². The Morgan fingerprint density at radius 3 is 2.42 bits per heavy atom. The first-order chi connectivity index (χ1) is 5.63. The number of hydrogen-bond acceptors (Lipinski definition) is 4. The molecule has 0 aliphatic rings. The number of Topliss-reactive ketones (excluding diaryl/α,β-unsaturated/α-hetero) is 1. The van der Waals surface area contributed by atoms with Gasteiger partial charge in [0.15, 0.2) is 5.78 Å². The normalized spacial score (nSPS) is 15.7. The van der Waals surface area contributed by atoms with Gasteiger partial charge in [-0.05, 0) is 6.42 Å². The summed E-state index contributed by atoms with van der Waals surface area (Å²) in [5.41, 5.74) is 0. The summed E-state index contributed by atoms with van der Waals surface area (Å²) in [6, 6.07) is 0. The van der Waals surface area contributed by atoms with Crippen molar-refractivity contribution < 1.29 is 20.1 Å². The van der Waals surface area contributed by atoms with E-state index in [0.29, 0.717) is 6.42 Å². The first-order valence-electron chi connectivity index (χ1n) is 4.13. The summed E-state index contributed by atoms with van der Waals surface area (Å²) in [5, 5.41) is 26.6. The van der Waals surface area contributed by atoms with Gasteiger partial charge in [-0.3, -0.25) is 4.79 Å². The van der Waals surface area contributed by atoms with E-state index in [2.05, 4.69) is 0 Å². The van der Waals surface area contributed by atoms with Crippen molar-refractivity contribution >= 4 is 5.78 Å². The van der Waals surface area contributed by atoms with Crippen LogP contribution in [0.1, 0.15) is 26.2 Å². The molecule has 4 nitrogen and oxygen atoms in total. The number of rotatable bonds is 6. The fourth-order valence-corrected chi connectivity index (χ4v) is 0.879. The highest BCUT2D eigenvalue weighted by molar-refractivity contribution is 5.84. The van der Waals surface area contributed by atoms with E-state index in [1.807, 2.05) is 6.92 Å². The lowest BCUT2D eigenvalue weighted by atomic mass is 10.0. The van der Waals surface area contributed by atoms with Gasteiger partial charge in [0.25, 0.3) is 0 Å². The van der Waals surface area contributed by atoms with E-state index < -0.39 is 24.6 Å². The predicted molar refractivity (Wildman–Crippen MR) is 43.6 cm³/mol. The molecular weight excluding hydrogens is 160 g/mol. The minimum atomic E-state index is -1.43. The number of hydrogen-bond donors (Lipinski definition) is 3. The van der Waals surface area contributed by atoms with Crippen molar-refractivity contribution in [1.82, 2.24) is 0 Å². The summed E-state index contributed by atoms with van der Waals surface area (Å²) in [6.45, 7) is 1.23. The molecule has 0 unspecified atom stereocenters. The molecule has 0 saturated carbocycles. The molecule has 0 fully saturated rings. The number of unbranched alkanes of at least 4 members (excludes halogenated alkanes) is 1. The summed E-state index contributed by atoms with van der Waals surface area (Å²) in [7, 11) is 0. The molecule has 0 rings (SSSR count). The van der Waals surface area contributed by atoms with Gasteiger partial charge in [-0.15, -0.1) is 0 Å². The smallest absolute Gasteiger partial charge is 0.189 e. The molecular formula is C8H16O4. The summed E-state index contributed by atoms with van der Waals surface area (Å²) < 4.78 is 0. The molecule has 0 bridgehead atoms. The van der Waals surface area contributed by atoms with Gasteiger partial charge in [-0.2, -0.15) is 0 Å². The highest BCUT2D eigenvalue weighted by atomic mass is 16.3. The Morgan fingerprint density at radius 2 is 2.00 bits per heavy atom. The van der Waals surface area contributed by atoms with Crippen LogP contribution in [0.3, 0.4) is 0 Å². The Morgan fingerprint density at radius 1 is 1.42 bits per heavy atom. The summed E-state index contributed by atoms with van der Waals surface area (Å²) in [5.74, 6) is -0.724. The number of aliphatic hydroxyl groups excluding tert-OH is 3. The SMILES string of the molecule is CCCC[C@H](O)[C@@H](O)C(=O)CO. The summed E-state index contributed by atoms with van der Waals surface area (Å²) >= 11 is 0. The van der Waals surface area contributed by atoms with E-state index in [1.54, 1.807) is 0 Å². The summed E-state index contributed by atoms with van der Waals surface area (Å²) in [6.07, 6.45) is -0.414. The molecule has 0 spiro atoms. The van der Waals surface area contributed by atoms with Crippen LogP contribution >= 0.6 is 0 Å². The van der Waals surface area contributed by atoms with Crippen molar-refractivity contribution in [3.05, 3.63) is 0 Å². The van der Waals surface area contributed by atoms with Crippen LogP contribution in [-0.2, 0) is 4.79 Å². The molecule has 0 aliphatic heterocycles. The minimum Gasteiger partial charge on any atom is -0.390 e. The monoisotopic (exact) mass is 176 g/mol. The van der Waals surface area contributed by atoms with E-state index in [4.69, 9.17) is 15.3 Å². The van der Waals surface area contributed by atoms with E-state index >= 15 is 0 Å². The van der Waals surface area contributed by atoms with Crippen molar-refractivity contribution in [1.29, 1.82) is 0 Å². The maximum atomic E-state index is 10.7. The molecule has 0 heterocycles. The third-order valence-electron chi connectivity index (χ3n) is 1.70. The first kappa shape index (κ1) is 11.6. The molecule has 12 heavy (non-hydrogen) atoms. The highest BCUT2D eigenvalue weighted by Gasteiger charge is 2.22. The largest absolute Gasteiger partial charge is 0.390 e. The van der Waals surface area contributed by atoms with Gasteiger partial charge in [0, 0.05) is 0 Å². The summed E-state index contributed by atoms with van der Waals surface area (Å²) in [4.78, 5) is 10.7. The lowest BCUT2D eigenvalue weighted by molar-refractivity contribution is -0.135. The van der Waals surface area contributed by atoms with E-state index in [0.717, 1.165) is 12.8 Å². The van der Waals surface area contributed by atoms with Gasteiger partial charge >= 0.3 is 0 Å². The fourth-order valence-electron chi connectivity index (χ4n) is 0.879. The number of aliphatic hydroxyl groups is 3. The molecule has 0 aromatic heterocycles. The lowest BCUT2D eigenvalue weighted by Crippen LogP contribution is -2.35. The van der Waals surface area contributed by atoms with Crippen molar-refractivity contribution in [2.75, 3.05) is 6.61 Å². The third kappa shape index (κ3) is 3.80. The van der Waals surface area contributed by atoms with Crippen LogP contribution in [0.15, 0.2) is 0 Å². The zero-order chi connectivity index (χ0) is 9.56. The Labute approximate surface area is 71.8 Å². The average molecular weight is 176 g/mol. The average Bonchev–Trinajstić information content (AvgIpc) is 2.11. The van der Waals surface area contributed by atoms with Crippen LogP contribution < -0.4 is 0 Å². The van der Waals surface area contributed by atoms with Gasteiger partial charge in [0.1, 0.15) is 12.7 Å². The van der Waals surface area contributed by atoms with E-state index in [1.165, 1.54) is 0 Å². The van der Waals surface area contributed by atoms with Crippen molar-refractivity contribution in [2.24, 2.45) is 0 Å². The second-order valence-electron chi connectivity index (χ2n) is 2.78. The quantitative estimate of drug-likeness (QED) is 0.508. The molecule has 0 saturated heterocycles. The third-order valence-corrected chi connectivity index (χ3v) is 1.70. The van der Waals surface area contributed by atoms with Crippen LogP contribution in [0.5, 0.6) is 0 Å². The molecule has 72 valence electrons. The Hall–Kier alpha value is -0.450.